The topological polar surface area (TPSA) is 97.1 Å². The molecular formula is C73H50N10. The largest absolute Gasteiger partial charge is 0.305 e. The highest BCUT2D eigenvalue weighted by atomic mass is 15.2. The smallest absolute Gasteiger partial charge is 0.238 e. The van der Waals surface area contributed by atoms with Gasteiger partial charge in [0.2, 0.25) is 11.9 Å². The first-order valence-electron chi connectivity index (χ1n) is 28.5. The maximum absolute atomic E-state index is 5.51. The van der Waals surface area contributed by atoms with Gasteiger partial charge in [-0.3, -0.25) is 9.13 Å². The summed E-state index contributed by atoms with van der Waals surface area (Å²) in [5.74, 6) is 3.90. The van der Waals surface area contributed by atoms with Gasteiger partial charge in [0.15, 0.2) is 23.3 Å². The molecule has 2 aliphatic rings. The minimum Gasteiger partial charge on any atom is -0.305 e. The molecule has 0 saturated carbocycles. The van der Waals surface area contributed by atoms with Crippen LogP contribution in [0.1, 0.15) is 30.3 Å². The predicted octanol–water partition coefficient (Wildman–Crippen LogP) is 16.9. The summed E-state index contributed by atoms with van der Waals surface area (Å²) in [5.41, 5.74) is 17.0. The summed E-state index contributed by atoms with van der Waals surface area (Å²) in [6.45, 7) is 2.25. The standard InChI is InChI=1S/C73H50N10/c1-45-23-17-18-34-51(45)71-75-70(48-28-11-4-12-29-48)78-73(79-71)83-61-38-22-20-36-53(61)55-40-42-59-57-44-43-56-58-41-39-54-52-35-19-21-37-60(52)82(72-76-68(46-24-7-2-8-25-46)74-69(77-72)47-26-9-3-10-27-47)66(54)64(58)80(49-30-13-5-14-31-49)62(56)63(57)81(65(59)67(55)83)50-32-15-6-16-33-50/h2-22,24-38,40,42-45H,23,39,41H2,1H3. The molecular weight excluding hydrogens is 1020 g/mol. The fourth-order valence-electron chi connectivity index (χ4n) is 13.4. The van der Waals surface area contributed by atoms with E-state index in [1.807, 2.05) is 54.6 Å². The van der Waals surface area contributed by atoms with Gasteiger partial charge in [-0.15, -0.1) is 0 Å². The third-order valence-electron chi connectivity index (χ3n) is 17.0. The molecule has 0 radical (unpaired) electrons. The van der Waals surface area contributed by atoms with E-state index in [4.69, 9.17) is 29.9 Å². The maximum Gasteiger partial charge on any atom is 0.238 e. The third kappa shape index (κ3) is 7.22. The van der Waals surface area contributed by atoms with Crippen LogP contribution in [0.3, 0.4) is 0 Å². The van der Waals surface area contributed by atoms with Gasteiger partial charge in [-0.2, -0.15) is 19.9 Å². The van der Waals surface area contributed by atoms with E-state index in [9.17, 15) is 0 Å². The van der Waals surface area contributed by atoms with Gasteiger partial charge in [0.25, 0.3) is 0 Å². The third-order valence-corrected chi connectivity index (χ3v) is 17.0. The summed E-state index contributed by atoms with van der Waals surface area (Å²) in [4.78, 5) is 32.3. The van der Waals surface area contributed by atoms with Gasteiger partial charge in [0, 0.05) is 66.0 Å². The molecule has 0 saturated heterocycles. The highest BCUT2D eigenvalue weighted by Gasteiger charge is 2.35. The molecule has 17 rings (SSSR count). The molecule has 9 aromatic carbocycles. The lowest BCUT2D eigenvalue weighted by atomic mass is 9.91. The van der Waals surface area contributed by atoms with Crippen LogP contribution in [-0.2, 0) is 12.8 Å². The van der Waals surface area contributed by atoms with Gasteiger partial charge in [0.05, 0.1) is 44.5 Å². The number of nitrogens with zero attached hydrogens (tertiary/aromatic N) is 10. The first-order chi connectivity index (χ1) is 41.1. The Morgan fingerprint density at radius 2 is 0.735 bits per heavy atom. The molecule has 0 N–H and O–H groups in total. The minimum atomic E-state index is 0.228. The molecule has 10 heteroatoms. The SMILES string of the molecule is CC1CC=CC=C1c1nc(-c2ccccc2)nc(-n2c3ccccc3c3ccc4c5ccc6c7c(n(-c8ccccc8)c6c5n(-c5ccccc5)c4c32)-c2c(c3ccccc3n2-c2nc(-c3ccccc3)nc(-c3ccccc3)n2)CC7)n1. The lowest BCUT2D eigenvalue weighted by Crippen LogP contribution is -2.12. The Balaban J connectivity index is 1.02. The van der Waals surface area contributed by atoms with Gasteiger partial charge in [-0.25, -0.2) is 9.97 Å². The molecule has 15 aromatic rings. The van der Waals surface area contributed by atoms with Crippen molar-refractivity contribution in [2.45, 2.75) is 26.2 Å². The number of hydrogen-bond acceptors (Lipinski definition) is 6. The van der Waals surface area contributed by atoms with Crippen molar-refractivity contribution in [1.29, 1.82) is 0 Å². The molecule has 6 heterocycles. The number of hydrogen-bond donors (Lipinski definition) is 0. The van der Waals surface area contributed by atoms with Crippen molar-refractivity contribution in [2.75, 3.05) is 0 Å². The number of benzene rings is 9. The number of aryl methyl sites for hydroxylation is 2. The fraction of sp³-hybridized carbons (Fsp3) is 0.0685. The van der Waals surface area contributed by atoms with Gasteiger partial charge in [-0.1, -0.05) is 213 Å². The molecule has 0 fully saturated rings. The summed E-state index contributed by atoms with van der Waals surface area (Å²) in [5, 5.41) is 6.85. The van der Waals surface area contributed by atoms with Crippen molar-refractivity contribution >= 4 is 71.0 Å². The van der Waals surface area contributed by atoms with E-state index in [0.717, 1.165) is 119 Å². The normalized spacial score (nSPS) is 14.1. The van der Waals surface area contributed by atoms with Crippen LogP contribution in [-0.4, -0.2) is 48.2 Å². The Bertz CT molecular complexity index is 5110. The lowest BCUT2D eigenvalue weighted by molar-refractivity contribution is 0.744. The Morgan fingerprint density at radius 1 is 0.337 bits per heavy atom. The van der Waals surface area contributed by atoms with E-state index in [1.165, 1.54) is 21.9 Å². The number of rotatable bonds is 8. The molecule has 83 heavy (non-hydrogen) atoms. The summed E-state index contributed by atoms with van der Waals surface area (Å²) < 4.78 is 9.69. The van der Waals surface area contributed by atoms with Crippen LogP contribution in [0, 0.1) is 5.92 Å². The molecule has 0 bridgehead atoms. The van der Waals surface area contributed by atoms with E-state index >= 15 is 0 Å². The van der Waals surface area contributed by atoms with E-state index in [2.05, 4.69) is 213 Å². The average Bonchev–Trinajstić information content (AvgIpc) is 2.92. The van der Waals surface area contributed by atoms with Gasteiger partial charge in [0.1, 0.15) is 0 Å². The predicted molar refractivity (Wildman–Crippen MR) is 336 cm³/mol. The van der Waals surface area contributed by atoms with E-state index in [-0.39, 0.29) is 5.92 Å². The number of aromatic nitrogens is 10. The van der Waals surface area contributed by atoms with Crippen LogP contribution in [0.2, 0.25) is 0 Å². The van der Waals surface area contributed by atoms with Gasteiger partial charge in [-0.05, 0) is 72.7 Å². The Kier molecular flexibility index (Phi) is 10.5. The second-order valence-electron chi connectivity index (χ2n) is 21.8. The van der Waals surface area contributed by atoms with Crippen LogP contribution in [0.25, 0.3) is 140 Å². The Labute approximate surface area is 477 Å². The van der Waals surface area contributed by atoms with Crippen LogP contribution >= 0.6 is 0 Å². The molecule has 0 aliphatic heterocycles. The van der Waals surface area contributed by atoms with E-state index < -0.39 is 0 Å². The molecule has 10 nitrogen and oxygen atoms in total. The van der Waals surface area contributed by atoms with Crippen molar-refractivity contribution in [3.8, 4) is 68.8 Å². The van der Waals surface area contributed by atoms with E-state index in [1.54, 1.807) is 0 Å². The van der Waals surface area contributed by atoms with Crippen LogP contribution in [0.4, 0.5) is 0 Å². The lowest BCUT2D eigenvalue weighted by Gasteiger charge is -2.21. The van der Waals surface area contributed by atoms with Crippen LogP contribution in [0.15, 0.2) is 243 Å². The quantitative estimate of drug-likeness (QED) is 0.150. The summed E-state index contributed by atoms with van der Waals surface area (Å²) in [6.07, 6.45) is 9.10. The zero-order valence-corrected chi connectivity index (χ0v) is 45.3. The molecule has 1 unspecified atom stereocenters. The summed E-state index contributed by atoms with van der Waals surface area (Å²) in [6, 6.07) is 79.4. The van der Waals surface area contributed by atoms with Crippen molar-refractivity contribution < 1.29 is 0 Å². The molecule has 6 aromatic heterocycles. The number of para-hydroxylation sites is 4. The summed E-state index contributed by atoms with van der Waals surface area (Å²) >= 11 is 0. The molecule has 392 valence electrons. The molecule has 2 aliphatic carbocycles. The second-order valence-corrected chi connectivity index (χ2v) is 21.8. The number of fused-ring (bicyclic) bond motifs is 15. The minimum absolute atomic E-state index is 0.228. The Hall–Kier alpha value is -10.8. The first-order valence-corrected chi connectivity index (χ1v) is 28.5. The number of allylic oxidation sites excluding steroid dienone is 4. The monoisotopic (exact) mass is 1070 g/mol. The van der Waals surface area contributed by atoms with Crippen molar-refractivity contribution in [3.63, 3.8) is 0 Å². The highest BCUT2D eigenvalue weighted by molar-refractivity contribution is 6.27. The molecule has 0 spiro atoms. The fourth-order valence-corrected chi connectivity index (χ4v) is 13.4. The maximum atomic E-state index is 5.51. The zero-order chi connectivity index (χ0) is 54.7. The summed E-state index contributed by atoms with van der Waals surface area (Å²) in [7, 11) is 0. The van der Waals surface area contributed by atoms with Gasteiger partial charge >= 0.3 is 0 Å². The van der Waals surface area contributed by atoms with Gasteiger partial charge < -0.3 is 9.13 Å². The van der Waals surface area contributed by atoms with Crippen molar-refractivity contribution in [1.82, 2.24) is 48.2 Å². The second kappa shape index (κ2) is 18.6. The van der Waals surface area contributed by atoms with Crippen LogP contribution < -0.4 is 0 Å². The highest BCUT2D eigenvalue weighted by Crippen LogP contribution is 2.51. The molecule has 1 atom stereocenters. The van der Waals surface area contributed by atoms with Crippen molar-refractivity contribution in [3.05, 3.63) is 260 Å². The zero-order valence-electron chi connectivity index (χ0n) is 45.3. The van der Waals surface area contributed by atoms with E-state index in [0.29, 0.717) is 35.2 Å². The average molecular weight is 1070 g/mol. The van der Waals surface area contributed by atoms with Crippen LogP contribution in [0.5, 0.6) is 0 Å². The van der Waals surface area contributed by atoms with Crippen molar-refractivity contribution in [2.24, 2.45) is 5.92 Å². The molecule has 0 amide bonds. The first kappa shape index (κ1) is 47.0. The Morgan fingerprint density at radius 3 is 1.30 bits per heavy atom.